The minimum Gasteiger partial charge on any atom is -0.355 e. The van der Waals surface area contributed by atoms with Crippen molar-refractivity contribution in [2.45, 2.75) is 36.5 Å². The van der Waals surface area contributed by atoms with Crippen LogP contribution in [-0.2, 0) is 11.2 Å². The molecular weight excluding hydrogens is 394 g/mol. The van der Waals surface area contributed by atoms with E-state index in [2.05, 4.69) is 18.2 Å². The first-order valence-corrected chi connectivity index (χ1v) is 10.7. The van der Waals surface area contributed by atoms with Crippen LogP contribution in [0, 0.1) is 39.9 Å². The predicted molar refractivity (Wildman–Crippen MR) is 114 cm³/mol. The molecule has 2 heterocycles. The molecule has 1 unspecified atom stereocenters. The van der Waals surface area contributed by atoms with Crippen molar-refractivity contribution in [2.24, 2.45) is 5.92 Å². The van der Waals surface area contributed by atoms with Crippen LogP contribution in [0.2, 0.25) is 0 Å². The summed E-state index contributed by atoms with van der Waals surface area (Å²) < 4.78 is 0. The number of nitrogens with zero attached hydrogens (tertiary/aromatic N) is 5. The quantitative estimate of drug-likeness (QED) is 0.656. The minimum absolute atomic E-state index is 0.0109. The fourth-order valence-corrected chi connectivity index (χ4v) is 4.61. The Labute approximate surface area is 180 Å². The highest BCUT2D eigenvalue weighted by atomic mass is 32.2. The van der Waals surface area contributed by atoms with E-state index in [0.717, 1.165) is 5.56 Å². The molecule has 1 saturated heterocycles. The van der Waals surface area contributed by atoms with Crippen molar-refractivity contribution in [3.63, 3.8) is 0 Å². The largest absolute Gasteiger partial charge is 0.355 e. The Morgan fingerprint density at radius 1 is 1.13 bits per heavy atom. The maximum atomic E-state index is 11.7. The molecule has 30 heavy (non-hydrogen) atoms. The average Bonchev–Trinajstić information content (AvgIpc) is 2.81. The fraction of sp³-hybridized carbons (Fsp3) is 0.348. The predicted octanol–water partition coefficient (Wildman–Crippen LogP) is 4.07. The number of anilines is 1. The number of pyridine rings is 1. The van der Waals surface area contributed by atoms with Crippen LogP contribution in [0.5, 0.6) is 0 Å². The monoisotopic (exact) mass is 414 g/mol. The van der Waals surface area contributed by atoms with Crippen LogP contribution in [0.4, 0.5) is 5.82 Å². The van der Waals surface area contributed by atoms with Crippen LogP contribution < -0.4 is 4.90 Å². The number of thioether (sulfide) groups is 1. The third-order valence-electron chi connectivity index (χ3n) is 5.24. The van der Waals surface area contributed by atoms with E-state index in [4.69, 9.17) is 10.2 Å². The zero-order valence-corrected chi connectivity index (χ0v) is 17.4. The number of rotatable bonds is 6. The number of hydrogen-bond acceptors (Lipinski definition) is 7. The SMILES string of the molecule is CCc1c(C#N)c(SC([C]=O)c2ccccc2)nc(N2CCC(C#N)CC2)c1C#N. The summed E-state index contributed by atoms with van der Waals surface area (Å²) in [6.45, 7) is 3.15. The highest BCUT2D eigenvalue weighted by molar-refractivity contribution is 8.00. The van der Waals surface area contributed by atoms with Gasteiger partial charge in [0.1, 0.15) is 28.2 Å². The van der Waals surface area contributed by atoms with E-state index < -0.39 is 5.25 Å². The number of piperidine rings is 1. The molecule has 3 rings (SSSR count). The molecule has 1 aliphatic heterocycles. The maximum Gasteiger partial charge on any atom is 0.217 e. The molecule has 0 aliphatic carbocycles. The average molecular weight is 415 g/mol. The van der Waals surface area contributed by atoms with Crippen LogP contribution >= 0.6 is 11.8 Å². The van der Waals surface area contributed by atoms with Gasteiger partial charge in [0.05, 0.1) is 17.2 Å². The van der Waals surface area contributed by atoms with Gasteiger partial charge in [0.15, 0.2) is 0 Å². The van der Waals surface area contributed by atoms with Gasteiger partial charge in [-0.15, -0.1) is 0 Å². The molecule has 0 N–H and O–H groups in total. The molecule has 1 fully saturated rings. The van der Waals surface area contributed by atoms with Gasteiger partial charge in [-0.05, 0) is 30.4 Å². The lowest BCUT2D eigenvalue weighted by Crippen LogP contribution is -2.34. The zero-order valence-electron chi connectivity index (χ0n) is 16.6. The number of carbonyl (C=O) groups excluding carboxylic acids is 1. The summed E-state index contributed by atoms with van der Waals surface area (Å²) in [7, 11) is 0. The van der Waals surface area contributed by atoms with Crippen molar-refractivity contribution in [1.82, 2.24) is 4.98 Å². The Kier molecular flexibility index (Phi) is 7.07. The summed E-state index contributed by atoms with van der Waals surface area (Å²) in [6.07, 6.45) is 3.97. The molecule has 0 amide bonds. The normalized spacial score (nSPS) is 14.9. The summed E-state index contributed by atoms with van der Waals surface area (Å²) in [5, 5.41) is 28.6. The maximum absolute atomic E-state index is 11.7. The van der Waals surface area contributed by atoms with Crippen molar-refractivity contribution in [2.75, 3.05) is 18.0 Å². The van der Waals surface area contributed by atoms with Crippen LogP contribution in [0.3, 0.4) is 0 Å². The molecule has 1 aliphatic rings. The van der Waals surface area contributed by atoms with Crippen LogP contribution in [0.25, 0.3) is 0 Å². The van der Waals surface area contributed by atoms with Crippen LogP contribution in [-0.4, -0.2) is 24.4 Å². The Bertz CT molecular complexity index is 1040. The lowest BCUT2D eigenvalue weighted by Gasteiger charge is -2.31. The van der Waals surface area contributed by atoms with Gasteiger partial charge in [0.25, 0.3) is 0 Å². The second-order valence-corrected chi connectivity index (χ2v) is 8.06. The van der Waals surface area contributed by atoms with Crippen molar-refractivity contribution in [3.05, 3.63) is 52.6 Å². The molecule has 7 heteroatoms. The van der Waals surface area contributed by atoms with E-state index in [0.29, 0.717) is 59.9 Å². The van der Waals surface area contributed by atoms with E-state index in [-0.39, 0.29) is 5.92 Å². The van der Waals surface area contributed by atoms with Crippen molar-refractivity contribution in [1.29, 1.82) is 15.8 Å². The van der Waals surface area contributed by atoms with Gasteiger partial charge < -0.3 is 4.90 Å². The van der Waals surface area contributed by atoms with Crippen molar-refractivity contribution in [3.8, 4) is 18.2 Å². The Morgan fingerprint density at radius 2 is 1.80 bits per heavy atom. The van der Waals surface area contributed by atoms with Gasteiger partial charge in [-0.25, -0.2) is 4.98 Å². The topological polar surface area (TPSA) is 105 Å². The van der Waals surface area contributed by atoms with Crippen molar-refractivity contribution < 1.29 is 4.79 Å². The van der Waals surface area contributed by atoms with E-state index in [1.54, 1.807) is 0 Å². The fourth-order valence-electron chi connectivity index (χ4n) is 3.62. The van der Waals surface area contributed by atoms with E-state index >= 15 is 0 Å². The summed E-state index contributed by atoms with van der Waals surface area (Å²) in [5.41, 5.74) is 2.17. The van der Waals surface area contributed by atoms with Gasteiger partial charge in [0, 0.05) is 19.0 Å². The molecule has 149 valence electrons. The summed E-state index contributed by atoms with van der Waals surface area (Å²) >= 11 is 1.18. The Balaban J connectivity index is 2.06. The molecule has 0 bridgehead atoms. The molecule has 1 radical (unpaired) electrons. The first-order valence-electron chi connectivity index (χ1n) is 9.77. The first kappa shape index (κ1) is 21.4. The Morgan fingerprint density at radius 3 is 2.33 bits per heavy atom. The lowest BCUT2D eigenvalue weighted by molar-refractivity contribution is 0.484. The molecule has 0 spiro atoms. The number of nitriles is 3. The standard InChI is InChI=1S/C23H20N5OS/c1-2-18-19(13-25)22(28-10-8-16(12-24)9-11-28)27-23(20(18)14-26)30-21(15-29)17-6-4-3-5-7-17/h3-7,16,21H,2,8-11H2,1H3. The summed E-state index contributed by atoms with van der Waals surface area (Å²) in [6, 6.07) is 16.0. The Hall–Kier alpha value is -3.34. The third-order valence-corrected chi connectivity index (χ3v) is 6.36. The minimum atomic E-state index is -0.624. The number of aromatic nitrogens is 1. The molecule has 1 aromatic carbocycles. The molecule has 2 aromatic rings. The number of hydrogen-bond donors (Lipinski definition) is 0. The highest BCUT2D eigenvalue weighted by Crippen LogP contribution is 2.39. The van der Waals surface area contributed by atoms with Gasteiger partial charge in [-0.1, -0.05) is 49.0 Å². The van der Waals surface area contributed by atoms with Crippen LogP contribution in [0.1, 0.15) is 47.3 Å². The van der Waals surface area contributed by atoms with Crippen molar-refractivity contribution >= 4 is 23.9 Å². The first-order chi connectivity index (χ1) is 14.7. The van der Waals surface area contributed by atoms with E-state index in [9.17, 15) is 15.3 Å². The van der Waals surface area contributed by atoms with Gasteiger partial charge in [-0.2, -0.15) is 15.8 Å². The molecule has 1 aromatic heterocycles. The second kappa shape index (κ2) is 9.92. The third kappa shape index (κ3) is 4.30. The second-order valence-electron chi connectivity index (χ2n) is 6.96. The van der Waals surface area contributed by atoms with Gasteiger partial charge in [-0.3, -0.25) is 4.79 Å². The highest BCUT2D eigenvalue weighted by Gasteiger charge is 2.27. The van der Waals surface area contributed by atoms with Gasteiger partial charge >= 0.3 is 0 Å². The molecule has 1 atom stereocenters. The molecule has 0 saturated carbocycles. The molecule has 6 nitrogen and oxygen atoms in total. The number of benzene rings is 1. The van der Waals surface area contributed by atoms with E-state index in [1.807, 2.05) is 48.4 Å². The van der Waals surface area contributed by atoms with E-state index in [1.165, 1.54) is 11.8 Å². The summed E-state index contributed by atoms with van der Waals surface area (Å²) in [4.78, 5) is 18.4. The lowest BCUT2D eigenvalue weighted by atomic mass is 9.97. The summed E-state index contributed by atoms with van der Waals surface area (Å²) in [5.74, 6) is 0.543. The smallest absolute Gasteiger partial charge is 0.217 e. The van der Waals surface area contributed by atoms with Crippen LogP contribution in [0.15, 0.2) is 35.4 Å². The zero-order chi connectivity index (χ0) is 21.5. The molecular formula is C23H20N5OS. The van der Waals surface area contributed by atoms with Gasteiger partial charge in [0.2, 0.25) is 6.29 Å².